The van der Waals surface area contributed by atoms with Gasteiger partial charge in [0.15, 0.2) is 0 Å². The van der Waals surface area contributed by atoms with Gasteiger partial charge in [-0.2, -0.15) is 0 Å². The number of esters is 1. The summed E-state index contributed by atoms with van der Waals surface area (Å²) in [6, 6.07) is 7.78. The van der Waals surface area contributed by atoms with Crippen molar-refractivity contribution in [2.45, 2.75) is 18.8 Å². The molecule has 0 bridgehead atoms. The topological polar surface area (TPSA) is 70.8 Å². The van der Waals surface area contributed by atoms with Gasteiger partial charge in [0.25, 0.3) is 0 Å². The number of rotatable bonds is 9. The summed E-state index contributed by atoms with van der Waals surface area (Å²) >= 11 is 0. The largest absolute Gasteiger partial charge is 0.468 e. The van der Waals surface area contributed by atoms with Gasteiger partial charge in [-0.1, -0.05) is 29.8 Å². The second-order valence-electron chi connectivity index (χ2n) is 5.00. The lowest BCUT2D eigenvalue weighted by atomic mass is 9.77. The third-order valence-corrected chi connectivity index (χ3v) is 3.63. The summed E-state index contributed by atoms with van der Waals surface area (Å²) in [5, 5.41) is 0. The lowest BCUT2D eigenvalue weighted by Crippen LogP contribution is -2.44. The van der Waals surface area contributed by atoms with E-state index in [4.69, 9.17) is 19.9 Å². The van der Waals surface area contributed by atoms with Gasteiger partial charge in [0.05, 0.1) is 20.3 Å². The van der Waals surface area contributed by atoms with Gasteiger partial charge in [-0.3, -0.25) is 4.79 Å². The summed E-state index contributed by atoms with van der Waals surface area (Å²) < 4.78 is 15.4. The maximum atomic E-state index is 12.3. The summed E-state index contributed by atoms with van der Waals surface area (Å²) in [7, 11) is 3.00. The molecule has 2 N–H and O–H groups in total. The fourth-order valence-electron chi connectivity index (χ4n) is 2.23. The number of nitrogens with two attached hydrogens (primary N) is 1. The molecule has 0 heterocycles. The Balaban J connectivity index is 2.88. The maximum absolute atomic E-state index is 12.3. The molecule has 0 saturated carbocycles. The second-order valence-corrected chi connectivity index (χ2v) is 5.00. The zero-order valence-electron chi connectivity index (χ0n) is 13.1. The molecule has 0 fully saturated rings. The van der Waals surface area contributed by atoms with Crippen LogP contribution in [0.2, 0.25) is 0 Å². The van der Waals surface area contributed by atoms with E-state index < -0.39 is 5.41 Å². The Morgan fingerprint density at radius 1 is 1.14 bits per heavy atom. The standard InChI is InChI=1S/C16H25NO4/c1-13-4-6-14(7-5-13)16(12-17,15(18)20-3)8-9-21-11-10-19-2/h4-7H,8-12,17H2,1-3H3. The predicted molar refractivity (Wildman–Crippen MR) is 81.2 cm³/mol. The Bertz CT molecular complexity index is 432. The van der Waals surface area contributed by atoms with Crippen molar-refractivity contribution in [3.63, 3.8) is 0 Å². The minimum Gasteiger partial charge on any atom is -0.468 e. The molecule has 21 heavy (non-hydrogen) atoms. The van der Waals surface area contributed by atoms with Gasteiger partial charge in [-0.15, -0.1) is 0 Å². The van der Waals surface area contributed by atoms with E-state index >= 15 is 0 Å². The van der Waals surface area contributed by atoms with Crippen LogP contribution in [0.15, 0.2) is 24.3 Å². The van der Waals surface area contributed by atoms with Crippen LogP contribution in [-0.4, -0.2) is 46.6 Å². The minimum absolute atomic E-state index is 0.177. The molecule has 0 saturated heterocycles. The SMILES string of the molecule is COCCOCCC(CN)(C(=O)OC)c1ccc(C)cc1. The molecule has 0 spiro atoms. The monoisotopic (exact) mass is 295 g/mol. The number of carbonyl (C=O) groups is 1. The van der Waals surface area contributed by atoms with Crippen LogP contribution in [0.1, 0.15) is 17.5 Å². The molecule has 1 atom stereocenters. The van der Waals surface area contributed by atoms with Gasteiger partial charge in [0.1, 0.15) is 5.41 Å². The van der Waals surface area contributed by atoms with Crippen molar-refractivity contribution < 1.29 is 19.0 Å². The maximum Gasteiger partial charge on any atom is 0.317 e. The van der Waals surface area contributed by atoms with Crippen molar-refractivity contribution in [2.24, 2.45) is 5.73 Å². The lowest BCUT2D eigenvalue weighted by molar-refractivity contribution is -0.148. The highest BCUT2D eigenvalue weighted by molar-refractivity contribution is 5.83. The first kappa shape index (κ1) is 17.6. The van der Waals surface area contributed by atoms with Crippen LogP contribution in [0.4, 0.5) is 0 Å². The molecule has 118 valence electrons. The Morgan fingerprint density at radius 3 is 2.33 bits per heavy atom. The van der Waals surface area contributed by atoms with Crippen LogP contribution < -0.4 is 5.73 Å². The first-order valence-electron chi connectivity index (χ1n) is 7.03. The predicted octanol–water partition coefficient (Wildman–Crippen LogP) is 1.42. The molecule has 1 aromatic rings. The van der Waals surface area contributed by atoms with Crippen LogP contribution >= 0.6 is 0 Å². The first-order chi connectivity index (χ1) is 10.1. The molecule has 5 heteroatoms. The van der Waals surface area contributed by atoms with Crippen molar-refractivity contribution in [2.75, 3.05) is 40.6 Å². The molecule has 0 amide bonds. The summed E-state index contributed by atoms with van der Waals surface area (Å²) in [6.45, 7) is 3.62. The average Bonchev–Trinajstić information content (AvgIpc) is 2.51. The van der Waals surface area contributed by atoms with Gasteiger partial charge in [0, 0.05) is 20.3 Å². The minimum atomic E-state index is -0.866. The van der Waals surface area contributed by atoms with Crippen molar-refractivity contribution >= 4 is 5.97 Å². The Labute approximate surface area is 126 Å². The first-order valence-corrected chi connectivity index (χ1v) is 7.03. The van der Waals surface area contributed by atoms with E-state index in [1.807, 2.05) is 31.2 Å². The van der Waals surface area contributed by atoms with E-state index in [0.717, 1.165) is 11.1 Å². The highest BCUT2D eigenvalue weighted by Gasteiger charge is 2.39. The molecular formula is C16H25NO4. The van der Waals surface area contributed by atoms with Crippen molar-refractivity contribution in [3.8, 4) is 0 Å². The highest BCUT2D eigenvalue weighted by atomic mass is 16.5. The van der Waals surface area contributed by atoms with Gasteiger partial charge in [0.2, 0.25) is 0 Å². The molecule has 0 aliphatic carbocycles. The van der Waals surface area contributed by atoms with E-state index in [9.17, 15) is 4.79 Å². The Morgan fingerprint density at radius 2 is 1.81 bits per heavy atom. The van der Waals surface area contributed by atoms with Crippen LogP contribution in [0.25, 0.3) is 0 Å². The van der Waals surface area contributed by atoms with E-state index in [2.05, 4.69) is 0 Å². The summed E-state index contributed by atoms with van der Waals surface area (Å²) in [5.41, 5.74) is 7.04. The molecule has 0 aromatic heterocycles. The number of hydrogen-bond donors (Lipinski definition) is 1. The van der Waals surface area contributed by atoms with E-state index in [0.29, 0.717) is 26.2 Å². The van der Waals surface area contributed by atoms with Gasteiger partial charge >= 0.3 is 5.97 Å². The van der Waals surface area contributed by atoms with Crippen molar-refractivity contribution in [1.82, 2.24) is 0 Å². The molecule has 1 rings (SSSR count). The normalized spacial score (nSPS) is 13.7. The molecular weight excluding hydrogens is 270 g/mol. The van der Waals surface area contributed by atoms with E-state index in [1.165, 1.54) is 7.11 Å². The van der Waals surface area contributed by atoms with Crippen LogP contribution in [0, 0.1) is 6.92 Å². The second kappa shape index (κ2) is 8.77. The Kier molecular flexibility index (Phi) is 7.36. The number of methoxy groups -OCH3 is 2. The lowest BCUT2D eigenvalue weighted by Gasteiger charge is -2.30. The van der Waals surface area contributed by atoms with Gasteiger partial charge in [-0.25, -0.2) is 0 Å². The molecule has 1 aromatic carbocycles. The van der Waals surface area contributed by atoms with Crippen LogP contribution in [0.5, 0.6) is 0 Å². The van der Waals surface area contributed by atoms with Crippen LogP contribution in [0.3, 0.4) is 0 Å². The zero-order valence-corrected chi connectivity index (χ0v) is 13.1. The number of ether oxygens (including phenoxy) is 3. The zero-order chi connectivity index (χ0) is 15.7. The summed E-state index contributed by atoms with van der Waals surface area (Å²) in [6.07, 6.45) is 0.475. The Hall–Kier alpha value is -1.43. The van der Waals surface area contributed by atoms with Crippen molar-refractivity contribution in [1.29, 1.82) is 0 Å². The molecule has 0 aliphatic heterocycles. The average molecular weight is 295 g/mol. The quantitative estimate of drug-likeness (QED) is 0.551. The van der Waals surface area contributed by atoms with Gasteiger partial charge < -0.3 is 19.9 Å². The molecule has 5 nitrogen and oxygen atoms in total. The van der Waals surface area contributed by atoms with Crippen molar-refractivity contribution in [3.05, 3.63) is 35.4 Å². The smallest absolute Gasteiger partial charge is 0.317 e. The van der Waals surface area contributed by atoms with E-state index in [-0.39, 0.29) is 12.5 Å². The summed E-state index contributed by atoms with van der Waals surface area (Å²) in [5.74, 6) is -0.329. The highest BCUT2D eigenvalue weighted by Crippen LogP contribution is 2.29. The van der Waals surface area contributed by atoms with Gasteiger partial charge in [-0.05, 0) is 18.9 Å². The molecule has 0 radical (unpaired) electrons. The van der Waals surface area contributed by atoms with E-state index in [1.54, 1.807) is 7.11 Å². The number of hydrogen-bond acceptors (Lipinski definition) is 5. The third kappa shape index (κ3) is 4.52. The van der Waals surface area contributed by atoms with Crippen LogP contribution in [-0.2, 0) is 24.4 Å². The fraction of sp³-hybridized carbons (Fsp3) is 0.562. The third-order valence-electron chi connectivity index (χ3n) is 3.63. The number of aryl methyl sites for hydroxylation is 1. The fourth-order valence-corrected chi connectivity index (χ4v) is 2.23. The number of carbonyl (C=O) groups excluding carboxylic acids is 1. The molecule has 1 unspecified atom stereocenters. The number of benzene rings is 1. The summed E-state index contributed by atoms with van der Waals surface area (Å²) in [4.78, 5) is 12.3. The molecule has 0 aliphatic rings.